The normalized spacial score (nSPS) is 17.5. The van der Waals surface area contributed by atoms with Crippen molar-refractivity contribution in [2.75, 3.05) is 0 Å². The van der Waals surface area contributed by atoms with E-state index in [9.17, 15) is 10.5 Å². The molecule has 0 amide bonds. The first kappa shape index (κ1) is 25.4. The van der Waals surface area contributed by atoms with Gasteiger partial charge in [0.1, 0.15) is 11.3 Å². The van der Waals surface area contributed by atoms with Gasteiger partial charge in [-0.1, -0.05) is 48.6 Å². The van der Waals surface area contributed by atoms with Gasteiger partial charge in [0.15, 0.2) is 0 Å². The number of nitriles is 2. The van der Waals surface area contributed by atoms with Gasteiger partial charge in [0.25, 0.3) is 0 Å². The molecule has 3 aromatic carbocycles. The minimum Gasteiger partial charge on any atom is -0.456 e. The number of hydrogen-bond donors (Lipinski definition) is 0. The predicted octanol–water partition coefficient (Wildman–Crippen LogP) is 9.71. The van der Waals surface area contributed by atoms with E-state index in [2.05, 4.69) is 95.6 Å². The minimum absolute atomic E-state index is 0.000371. The van der Waals surface area contributed by atoms with Crippen LogP contribution >= 0.6 is 0 Å². The van der Waals surface area contributed by atoms with E-state index in [1.165, 1.54) is 27.7 Å². The smallest absolute Gasteiger partial charge is 0.135 e. The van der Waals surface area contributed by atoms with Crippen LogP contribution in [-0.4, -0.2) is 4.57 Å². The van der Waals surface area contributed by atoms with Crippen LogP contribution in [0.4, 0.5) is 0 Å². The van der Waals surface area contributed by atoms with Crippen LogP contribution in [0.5, 0.6) is 0 Å². The Morgan fingerprint density at radius 2 is 1.67 bits per heavy atom. The molecule has 0 aliphatic heterocycles. The number of aromatic nitrogens is 1. The minimum atomic E-state index is -0.000371. The molecule has 0 saturated heterocycles. The summed E-state index contributed by atoms with van der Waals surface area (Å²) >= 11 is 0. The molecule has 206 valence electrons. The number of rotatable bonds is 3. The molecule has 0 saturated carbocycles. The number of fused-ring (bicyclic) bond motifs is 6. The number of para-hydroxylation sites is 1. The average Bonchev–Trinajstić information content (AvgIpc) is 3.51. The van der Waals surface area contributed by atoms with Crippen LogP contribution in [0.2, 0.25) is 0 Å². The van der Waals surface area contributed by atoms with E-state index in [-0.39, 0.29) is 6.04 Å². The van der Waals surface area contributed by atoms with Crippen molar-refractivity contribution in [1.82, 2.24) is 4.57 Å². The van der Waals surface area contributed by atoms with Crippen molar-refractivity contribution >= 4 is 39.6 Å². The Hall–Kier alpha value is -5.32. The van der Waals surface area contributed by atoms with Crippen molar-refractivity contribution in [2.24, 2.45) is 0 Å². The molecular weight excluding hydrogens is 526 g/mol. The van der Waals surface area contributed by atoms with Gasteiger partial charge in [-0.3, -0.25) is 0 Å². The second-order valence-corrected chi connectivity index (χ2v) is 11.7. The molecule has 0 fully saturated rings. The number of aryl methyl sites for hydroxylation is 1. The molecule has 2 aromatic heterocycles. The SMILES string of the molecule is N#CC1=CC(n2c3c(c4ccccc42)C=CCC3)CC(c2cc(C#N)cc(-c3ccc4oc5c(c4c3)CCC=C5)c2)=CC1. The molecule has 0 spiro atoms. The third-order valence-electron chi connectivity index (χ3n) is 9.17. The molecule has 4 nitrogen and oxygen atoms in total. The number of nitrogens with zero attached hydrogens (tertiary/aromatic N) is 3. The lowest BCUT2D eigenvalue weighted by molar-refractivity contribution is 0.595. The van der Waals surface area contributed by atoms with Crippen LogP contribution in [-0.2, 0) is 12.8 Å². The van der Waals surface area contributed by atoms with Crippen molar-refractivity contribution in [1.29, 1.82) is 10.5 Å². The van der Waals surface area contributed by atoms with E-state index in [0.29, 0.717) is 12.0 Å². The highest BCUT2D eigenvalue weighted by atomic mass is 16.3. The summed E-state index contributed by atoms with van der Waals surface area (Å²) in [4.78, 5) is 0. The van der Waals surface area contributed by atoms with E-state index in [1.54, 1.807) is 0 Å². The number of allylic oxidation sites excluding steroid dienone is 6. The molecule has 5 aromatic rings. The van der Waals surface area contributed by atoms with Crippen LogP contribution < -0.4 is 0 Å². The first-order chi connectivity index (χ1) is 21.2. The topological polar surface area (TPSA) is 65.7 Å². The highest BCUT2D eigenvalue weighted by Gasteiger charge is 2.25. The highest BCUT2D eigenvalue weighted by molar-refractivity contribution is 5.93. The Bertz CT molecular complexity index is 2170. The molecule has 3 aliphatic rings. The Morgan fingerprint density at radius 1 is 0.814 bits per heavy atom. The molecule has 0 radical (unpaired) electrons. The van der Waals surface area contributed by atoms with Crippen molar-refractivity contribution < 1.29 is 4.42 Å². The van der Waals surface area contributed by atoms with Gasteiger partial charge in [-0.05, 0) is 103 Å². The number of furan rings is 1. The lowest BCUT2D eigenvalue weighted by Crippen LogP contribution is -2.12. The van der Waals surface area contributed by atoms with Gasteiger partial charge in [-0.25, -0.2) is 0 Å². The van der Waals surface area contributed by atoms with E-state index >= 15 is 0 Å². The maximum Gasteiger partial charge on any atom is 0.135 e. The molecule has 4 heteroatoms. The molecule has 43 heavy (non-hydrogen) atoms. The van der Waals surface area contributed by atoms with Crippen LogP contribution in [0.3, 0.4) is 0 Å². The van der Waals surface area contributed by atoms with E-state index in [1.807, 2.05) is 18.2 Å². The summed E-state index contributed by atoms with van der Waals surface area (Å²) in [5, 5.41) is 22.5. The summed E-state index contributed by atoms with van der Waals surface area (Å²) in [6.45, 7) is 0. The van der Waals surface area contributed by atoms with Gasteiger partial charge in [0.05, 0.1) is 23.7 Å². The summed E-state index contributed by atoms with van der Waals surface area (Å²) in [7, 11) is 0. The van der Waals surface area contributed by atoms with Gasteiger partial charge < -0.3 is 8.98 Å². The number of hydrogen-bond acceptors (Lipinski definition) is 3. The molecule has 3 aliphatic carbocycles. The first-order valence-electron chi connectivity index (χ1n) is 15.1. The van der Waals surface area contributed by atoms with Gasteiger partial charge in [0, 0.05) is 45.1 Å². The summed E-state index contributed by atoms with van der Waals surface area (Å²) in [5.74, 6) is 0.954. The summed E-state index contributed by atoms with van der Waals surface area (Å²) in [6, 6.07) is 26.0. The second-order valence-electron chi connectivity index (χ2n) is 11.7. The zero-order valence-electron chi connectivity index (χ0n) is 23.8. The zero-order chi connectivity index (χ0) is 28.9. The summed E-state index contributed by atoms with van der Waals surface area (Å²) < 4.78 is 8.57. The van der Waals surface area contributed by atoms with Crippen molar-refractivity contribution in [2.45, 2.75) is 44.6 Å². The average molecular weight is 556 g/mol. The fourth-order valence-corrected chi connectivity index (χ4v) is 7.17. The second kappa shape index (κ2) is 10.2. The van der Waals surface area contributed by atoms with Gasteiger partial charge >= 0.3 is 0 Å². The predicted molar refractivity (Wildman–Crippen MR) is 173 cm³/mol. The first-order valence-corrected chi connectivity index (χ1v) is 15.1. The third kappa shape index (κ3) is 4.27. The molecule has 0 N–H and O–H groups in total. The fourth-order valence-electron chi connectivity index (χ4n) is 7.17. The fraction of sp³-hybridized carbons (Fsp3) is 0.179. The van der Waals surface area contributed by atoms with Gasteiger partial charge in [-0.2, -0.15) is 10.5 Å². The highest BCUT2D eigenvalue weighted by Crippen LogP contribution is 2.41. The quantitative estimate of drug-likeness (QED) is 0.223. The van der Waals surface area contributed by atoms with E-state index < -0.39 is 0 Å². The Labute approximate surface area is 250 Å². The Balaban J connectivity index is 1.24. The van der Waals surface area contributed by atoms with Crippen LogP contribution in [0.25, 0.3) is 50.7 Å². The van der Waals surface area contributed by atoms with Crippen molar-refractivity contribution in [3.8, 4) is 23.3 Å². The van der Waals surface area contributed by atoms with Crippen molar-refractivity contribution in [3.63, 3.8) is 0 Å². The van der Waals surface area contributed by atoms with Crippen LogP contribution in [0.15, 0.2) is 95.0 Å². The molecular formula is C39H29N3O. The standard InChI is InChI=1S/C39H29N3O/c40-23-25-13-14-27(21-31(19-25)42-36-10-4-1-7-32(36)33-8-2-5-11-37(33)42)29-17-26(24-41)18-30(20-29)28-15-16-39-35(22-28)34-9-3-6-12-38(34)43-39/h1-2,4,6-8,10,12,14-20,22,31H,3,5,9,11,13,21H2. The number of benzene rings is 3. The maximum absolute atomic E-state index is 10.1. The van der Waals surface area contributed by atoms with Crippen molar-refractivity contribution in [3.05, 3.63) is 124 Å². The van der Waals surface area contributed by atoms with E-state index in [4.69, 9.17) is 4.42 Å². The molecule has 2 heterocycles. The Morgan fingerprint density at radius 3 is 2.58 bits per heavy atom. The maximum atomic E-state index is 10.1. The Kier molecular flexibility index (Phi) is 6.02. The van der Waals surface area contributed by atoms with Gasteiger partial charge in [0.2, 0.25) is 0 Å². The van der Waals surface area contributed by atoms with Crippen LogP contribution in [0.1, 0.15) is 65.4 Å². The van der Waals surface area contributed by atoms with E-state index in [0.717, 1.165) is 76.7 Å². The largest absolute Gasteiger partial charge is 0.456 e. The monoisotopic (exact) mass is 555 g/mol. The summed E-state index contributed by atoms with van der Waals surface area (Å²) in [5.41, 5.74) is 11.7. The summed E-state index contributed by atoms with van der Waals surface area (Å²) in [6.07, 6.45) is 18.4. The lowest BCUT2D eigenvalue weighted by atomic mass is 9.92. The lowest BCUT2D eigenvalue weighted by Gasteiger charge is -2.22. The zero-order valence-corrected chi connectivity index (χ0v) is 23.8. The molecule has 0 bridgehead atoms. The van der Waals surface area contributed by atoms with Gasteiger partial charge in [-0.15, -0.1) is 0 Å². The molecule has 1 unspecified atom stereocenters. The molecule has 8 rings (SSSR count). The third-order valence-corrected chi connectivity index (χ3v) is 9.17. The van der Waals surface area contributed by atoms with Crippen LogP contribution in [0, 0.1) is 22.7 Å². The molecule has 1 atom stereocenters.